The van der Waals surface area contributed by atoms with Gasteiger partial charge in [-0.1, -0.05) is 13.3 Å². The number of methoxy groups -OCH3 is 1. The summed E-state index contributed by atoms with van der Waals surface area (Å²) in [5, 5.41) is 2.85. The second-order valence-corrected chi connectivity index (χ2v) is 6.73. The number of hydrogen-bond acceptors (Lipinski definition) is 9. The van der Waals surface area contributed by atoms with E-state index in [1.54, 1.807) is 7.11 Å². The Balaban J connectivity index is 3.06. The minimum atomic E-state index is 0.0335. The van der Waals surface area contributed by atoms with Crippen LogP contribution >= 0.6 is 0 Å². The molecule has 1 N–H and O–H groups in total. The van der Waals surface area contributed by atoms with Crippen LogP contribution in [0.4, 0.5) is 0 Å². The van der Waals surface area contributed by atoms with Crippen molar-refractivity contribution in [1.29, 1.82) is 0 Å². The van der Waals surface area contributed by atoms with E-state index in [9.17, 15) is 4.79 Å². The zero-order chi connectivity index (χ0) is 23.4. The fourth-order valence-electron chi connectivity index (χ4n) is 2.22. The van der Waals surface area contributed by atoms with Crippen LogP contribution in [0.1, 0.15) is 26.2 Å². The van der Waals surface area contributed by atoms with Crippen molar-refractivity contribution in [2.75, 3.05) is 113 Å². The van der Waals surface area contributed by atoms with E-state index in [-0.39, 0.29) is 5.91 Å². The molecule has 0 radical (unpaired) electrons. The van der Waals surface area contributed by atoms with Crippen LogP contribution in [0.25, 0.3) is 0 Å². The first-order chi connectivity index (χ1) is 15.8. The van der Waals surface area contributed by atoms with Gasteiger partial charge in [0.25, 0.3) is 0 Å². The van der Waals surface area contributed by atoms with Gasteiger partial charge in [0.2, 0.25) is 5.91 Å². The topological polar surface area (TPSA) is 103 Å². The second-order valence-electron chi connectivity index (χ2n) is 6.73. The number of nitrogens with one attached hydrogen (secondary N) is 1. The minimum absolute atomic E-state index is 0.0335. The van der Waals surface area contributed by atoms with Gasteiger partial charge in [0.05, 0.1) is 99.1 Å². The van der Waals surface area contributed by atoms with Crippen molar-refractivity contribution in [3.63, 3.8) is 0 Å². The van der Waals surface area contributed by atoms with Crippen LogP contribution in [0.15, 0.2) is 0 Å². The first kappa shape index (κ1) is 31.1. The van der Waals surface area contributed by atoms with E-state index in [1.807, 2.05) is 0 Å². The highest BCUT2D eigenvalue weighted by molar-refractivity contribution is 5.75. The van der Waals surface area contributed by atoms with Crippen LogP contribution in [0.3, 0.4) is 0 Å². The number of ether oxygens (including phenoxy) is 8. The Morgan fingerprint density at radius 2 is 0.906 bits per heavy atom. The number of carbonyl (C=O) groups excluding carboxylic acids is 1. The van der Waals surface area contributed by atoms with Crippen molar-refractivity contribution in [2.24, 2.45) is 0 Å². The molecule has 0 spiro atoms. The Bertz CT molecular complexity index is 375. The van der Waals surface area contributed by atoms with Crippen molar-refractivity contribution in [3.8, 4) is 0 Å². The second kappa shape index (κ2) is 28.2. The monoisotopic (exact) mass is 467 g/mol. The number of amides is 1. The summed E-state index contributed by atoms with van der Waals surface area (Å²) in [6.45, 7) is 10.6. The van der Waals surface area contributed by atoms with Crippen molar-refractivity contribution < 1.29 is 42.7 Å². The average molecular weight is 468 g/mol. The van der Waals surface area contributed by atoms with E-state index >= 15 is 0 Å². The van der Waals surface area contributed by atoms with E-state index in [1.165, 1.54) is 0 Å². The SMILES string of the molecule is CCCCNC(=O)CCOCCOCCOCCOCCOCCOCCOCCOC. The first-order valence-corrected chi connectivity index (χ1v) is 11.6. The average Bonchev–Trinajstić information content (AvgIpc) is 2.79. The summed E-state index contributed by atoms with van der Waals surface area (Å²) < 4.78 is 42.6. The Labute approximate surface area is 193 Å². The molecule has 0 aromatic rings. The molecule has 0 aliphatic heterocycles. The molecule has 10 nitrogen and oxygen atoms in total. The molecule has 0 aliphatic carbocycles. The summed E-state index contributed by atoms with van der Waals surface area (Å²) in [6.07, 6.45) is 2.47. The van der Waals surface area contributed by atoms with Gasteiger partial charge in [-0.15, -0.1) is 0 Å². The van der Waals surface area contributed by atoms with Gasteiger partial charge in [0.15, 0.2) is 0 Å². The van der Waals surface area contributed by atoms with Crippen LogP contribution in [0.5, 0.6) is 0 Å². The molecule has 0 fully saturated rings. The molecule has 0 atom stereocenters. The molecule has 0 aromatic carbocycles. The zero-order valence-corrected chi connectivity index (χ0v) is 20.1. The Morgan fingerprint density at radius 1 is 0.562 bits per heavy atom. The smallest absolute Gasteiger partial charge is 0.222 e. The van der Waals surface area contributed by atoms with Crippen LogP contribution in [-0.4, -0.2) is 119 Å². The quantitative estimate of drug-likeness (QED) is 0.178. The van der Waals surface area contributed by atoms with Crippen molar-refractivity contribution in [2.45, 2.75) is 26.2 Å². The normalized spacial score (nSPS) is 11.2. The predicted molar refractivity (Wildman–Crippen MR) is 120 cm³/mol. The van der Waals surface area contributed by atoms with Crippen molar-refractivity contribution in [1.82, 2.24) is 5.32 Å². The Hall–Kier alpha value is -0.850. The molecular weight excluding hydrogens is 422 g/mol. The number of carbonyl (C=O) groups is 1. The molecule has 1 amide bonds. The molecule has 0 aromatic heterocycles. The summed E-state index contributed by atoms with van der Waals surface area (Å²) in [7, 11) is 1.64. The van der Waals surface area contributed by atoms with E-state index in [2.05, 4.69) is 12.2 Å². The molecule has 32 heavy (non-hydrogen) atoms. The molecule has 0 aliphatic rings. The molecule has 10 heteroatoms. The molecule has 0 unspecified atom stereocenters. The maximum Gasteiger partial charge on any atom is 0.222 e. The van der Waals surface area contributed by atoms with Crippen molar-refractivity contribution in [3.05, 3.63) is 0 Å². The summed E-state index contributed by atoms with van der Waals surface area (Å²) in [5.74, 6) is 0.0335. The molecule has 0 heterocycles. The summed E-state index contributed by atoms with van der Waals surface area (Å²) in [6, 6.07) is 0. The van der Waals surface area contributed by atoms with Gasteiger partial charge in [-0.05, 0) is 6.42 Å². The minimum Gasteiger partial charge on any atom is -0.382 e. The van der Waals surface area contributed by atoms with E-state index in [0.717, 1.165) is 19.4 Å². The maximum absolute atomic E-state index is 11.5. The summed E-state index contributed by atoms with van der Waals surface area (Å²) >= 11 is 0. The maximum atomic E-state index is 11.5. The highest BCUT2D eigenvalue weighted by atomic mass is 16.6. The summed E-state index contributed by atoms with van der Waals surface area (Å²) in [5.41, 5.74) is 0. The predicted octanol–water partition coefficient (Wildman–Crippen LogP) is 1.06. The Kier molecular flexibility index (Phi) is 27.4. The van der Waals surface area contributed by atoms with E-state index in [0.29, 0.717) is 106 Å². The number of hydrogen-bond donors (Lipinski definition) is 1. The Morgan fingerprint density at radius 3 is 1.25 bits per heavy atom. The van der Waals surface area contributed by atoms with Crippen LogP contribution in [0, 0.1) is 0 Å². The van der Waals surface area contributed by atoms with Crippen molar-refractivity contribution >= 4 is 5.91 Å². The van der Waals surface area contributed by atoms with Crippen LogP contribution < -0.4 is 5.32 Å². The van der Waals surface area contributed by atoms with Gasteiger partial charge in [-0.25, -0.2) is 0 Å². The molecule has 0 rings (SSSR count). The third kappa shape index (κ3) is 27.2. The van der Waals surface area contributed by atoms with Gasteiger partial charge in [0, 0.05) is 20.1 Å². The largest absolute Gasteiger partial charge is 0.382 e. The molecule has 0 saturated heterocycles. The molecule has 0 bridgehead atoms. The first-order valence-electron chi connectivity index (χ1n) is 11.6. The van der Waals surface area contributed by atoms with E-state index in [4.69, 9.17) is 37.9 Å². The standard InChI is InChI=1S/C22H45NO9/c1-3-4-6-23-22(24)5-7-26-10-11-28-14-15-30-18-19-32-21-20-31-17-16-29-13-12-27-9-8-25-2/h3-21H2,1-2H3,(H,23,24). The van der Waals surface area contributed by atoms with Crippen LogP contribution in [0.2, 0.25) is 0 Å². The highest BCUT2D eigenvalue weighted by Crippen LogP contribution is 1.88. The fraction of sp³-hybridized carbons (Fsp3) is 0.955. The zero-order valence-electron chi connectivity index (χ0n) is 20.1. The van der Waals surface area contributed by atoms with E-state index < -0.39 is 0 Å². The number of rotatable bonds is 27. The lowest BCUT2D eigenvalue weighted by Gasteiger charge is -2.08. The molecular formula is C22H45NO9. The van der Waals surface area contributed by atoms with Gasteiger partial charge in [0.1, 0.15) is 0 Å². The third-order valence-corrected chi connectivity index (χ3v) is 3.99. The van der Waals surface area contributed by atoms with Gasteiger partial charge in [-0.3, -0.25) is 4.79 Å². The van der Waals surface area contributed by atoms with Gasteiger partial charge >= 0.3 is 0 Å². The molecule has 192 valence electrons. The van der Waals surface area contributed by atoms with Gasteiger partial charge in [-0.2, -0.15) is 0 Å². The number of unbranched alkanes of at least 4 members (excludes halogenated alkanes) is 1. The lowest BCUT2D eigenvalue weighted by molar-refractivity contribution is -0.122. The van der Waals surface area contributed by atoms with Gasteiger partial charge < -0.3 is 43.2 Å². The highest BCUT2D eigenvalue weighted by Gasteiger charge is 2.00. The van der Waals surface area contributed by atoms with Crippen LogP contribution in [-0.2, 0) is 42.7 Å². The summed E-state index contributed by atoms with van der Waals surface area (Å²) in [4.78, 5) is 11.5. The fourth-order valence-corrected chi connectivity index (χ4v) is 2.22. The lowest BCUT2D eigenvalue weighted by Crippen LogP contribution is -2.25. The molecule has 0 saturated carbocycles. The lowest BCUT2D eigenvalue weighted by atomic mass is 10.3. The third-order valence-electron chi connectivity index (χ3n) is 3.99.